The number of azo groups is 1. The molecule has 1 heterocycles. The Kier molecular flexibility index (Phi) is 6.49. The molecule has 0 aliphatic heterocycles. The summed E-state index contributed by atoms with van der Waals surface area (Å²) in [7, 11) is 0. The zero-order chi connectivity index (χ0) is 19.3. The van der Waals surface area contributed by atoms with Crippen LogP contribution in [0.3, 0.4) is 0 Å². The third kappa shape index (κ3) is 4.09. The van der Waals surface area contributed by atoms with E-state index >= 15 is 0 Å². The van der Waals surface area contributed by atoms with Crippen molar-refractivity contribution in [2.75, 3.05) is 11.4 Å². The third-order valence-corrected chi connectivity index (χ3v) is 5.27. The average molecular weight is 366 g/mol. The maximum absolute atomic E-state index is 9.30. The molecule has 1 aromatic heterocycles. The molecule has 0 spiro atoms. The molecule has 134 valence electrons. The molecule has 2 rings (SSSR count). The summed E-state index contributed by atoms with van der Waals surface area (Å²) in [6.45, 7) is 11.3. The van der Waals surface area contributed by atoms with Crippen LogP contribution >= 0.6 is 11.3 Å². The van der Waals surface area contributed by atoms with Crippen LogP contribution in [0, 0.1) is 36.5 Å². The van der Waals surface area contributed by atoms with Gasteiger partial charge in [-0.2, -0.15) is 10.5 Å². The molecule has 0 radical (unpaired) electrons. The Hall–Kier alpha value is -2.70. The Morgan fingerprint density at radius 1 is 1.15 bits per heavy atom. The number of aryl methyl sites for hydroxylation is 1. The van der Waals surface area contributed by atoms with Crippen molar-refractivity contribution in [2.45, 2.75) is 47.1 Å². The van der Waals surface area contributed by atoms with Gasteiger partial charge in [0.15, 0.2) is 5.00 Å². The SMILES string of the molecule is CCCN(c1ccc(/N=N/c2sc(C#N)c(C)c2C#N)c(C)c1)C(C)C. The standard InChI is InChI=1S/C20H23N5S/c1-6-9-25(13(2)3)16-7-8-18(14(4)10-16)23-24-20-17(11-21)15(5)19(12-22)26-20/h7-8,10,13H,6,9H2,1-5H3/b24-23+. The van der Waals surface area contributed by atoms with Gasteiger partial charge in [-0.25, -0.2) is 0 Å². The third-order valence-electron chi connectivity index (χ3n) is 4.19. The van der Waals surface area contributed by atoms with E-state index in [1.807, 2.05) is 13.0 Å². The lowest BCUT2D eigenvalue weighted by Gasteiger charge is -2.29. The topological polar surface area (TPSA) is 75.5 Å². The summed E-state index contributed by atoms with van der Waals surface area (Å²) in [5.74, 6) is 0. The van der Waals surface area contributed by atoms with Crippen LogP contribution in [0.25, 0.3) is 0 Å². The van der Waals surface area contributed by atoms with E-state index < -0.39 is 0 Å². The number of benzene rings is 1. The van der Waals surface area contributed by atoms with Gasteiger partial charge >= 0.3 is 0 Å². The van der Waals surface area contributed by atoms with Gasteiger partial charge in [-0.15, -0.1) is 21.6 Å². The maximum Gasteiger partial charge on any atom is 0.158 e. The van der Waals surface area contributed by atoms with Crippen LogP contribution in [-0.2, 0) is 0 Å². The second-order valence-corrected chi connectivity index (χ2v) is 7.42. The molecule has 0 aliphatic rings. The summed E-state index contributed by atoms with van der Waals surface area (Å²) in [5.41, 5.74) is 4.07. The van der Waals surface area contributed by atoms with E-state index in [0.717, 1.165) is 24.2 Å². The van der Waals surface area contributed by atoms with E-state index in [0.29, 0.717) is 27.0 Å². The van der Waals surface area contributed by atoms with Gasteiger partial charge in [0.2, 0.25) is 0 Å². The molecule has 0 N–H and O–H groups in total. The van der Waals surface area contributed by atoms with Crippen molar-refractivity contribution in [3.8, 4) is 12.1 Å². The van der Waals surface area contributed by atoms with Crippen LogP contribution in [0.5, 0.6) is 0 Å². The molecule has 0 fully saturated rings. The summed E-state index contributed by atoms with van der Waals surface area (Å²) >= 11 is 1.20. The van der Waals surface area contributed by atoms with Crippen molar-refractivity contribution in [2.24, 2.45) is 10.2 Å². The smallest absolute Gasteiger partial charge is 0.158 e. The van der Waals surface area contributed by atoms with Crippen molar-refractivity contribution in [1.82, 2.24) is 0 Å². The molecule has 5 nitrogen and oxygen atoms in total. The highest BCUT2D eigenvalue weighted by atomic mass is 32.1. The maximum atomic E-state index is 9.30. The number of nitriles is 2. The van der Waals surface area contributed by atoms with Crippen LogP contribution < -0.4 is 4.90 Å². The van der Waals surface area contributed by atoms with Gasteiger partial charge in [0.05, 0.1) is 11.3 Å². The fourth-order valence-corrected chi connectivity index (χ4v) is 3.64. The second-order valence-electron chi connectivity index (χ2n) is 6.42. The van der Waals surface area contributed by atoms with Gasteiger partial charge in [0.1, 0.15) is 17.0 Å². The lowest BCUT2D eigenvalue weighted by Crippen LogP contribution is -2.31. The highest BCUT2D eigenvalue weighted by Gasteiger charge is 2.15. The lowest BCUT2D eigenvalue weighted by atomic mass is 10.1. The van der Waals surface area contributed by atoms with E-state index in [1.165, 1.54) is 17.0 Å². The van der Waals surface area contributed by atoms with E-state index in [1.54, 1.807) is 6.92 Å². The Morgan fingerprint density at radius 2 is 1.88 bits per heavy atom. The average Bonchev–Trinajstić information content (AvgIpc) is 2.93. The highest BCUT2D eigenvalue weighted by Crippen LogP contribution is 2.36. The summed E-state index contributed by atoms with van der Waals surface area (Å²) in [5, 5.41) is 27.5. The number of anilines is 1. The highest BCUT2D eigenvalue weighted by molar-refractivity contribution is 7.16. The Labute approximate surface area is 159 Å². The molecule has 0 amide bonds. The number of hydrogen-bond acceptors (Lipinski definition) is 6. The molecule has 0 atom stereocenters. The molecule has 0 unspecified atom stereocenters. The van der Waals surface area contributed by atoms with Gasteiger partial charge in [-0.1, -0.05) is 6.92 Å². The molecule has 0 saturated carbocycles. The predicted octanol–water partition coefficient (Wildman–Crippen LogP) is 6.15. The van der Waals surface area contributed by atoms with E-state index in [9.17, 15) is 5.26 Å². The normalized spacial score (nSPS) is 10.9. The van der Waals surface area contributed by atoms with Crippen LogP contribution in [0.1, 0.15) is 48.8 Å². The van der Waals surface area contributed by atoms with Gasteiger partial charge < -0.3 is 4.90 Å². The molecule has 0 aliphatic carbocycles. The second kappa shape index (κ2) is 8.60. The van der Waals surface area contributed by atoms with Crippen molar-refractivity contribution in [1.29, 1.82) is 10.5 Å². The van der Waals surface area contributed by atoms with Gasteiger partial charge in [0, 0.05) is 18.3 Å². The first kappa shape index (κ1) is 19.6. The first-order valence-corrected chi connectivity index (χ1v) is 9.47. The lowest BCUT2D eigenvalue weighted by molar-refractivity contribution is 0.671. The fraction of sp³-hybridized carbons (Fsp3) is 0.400. The molecule has 6 heteroatoms. The zero-order valence-corrected chi connectivity index (χ0v) is 16.7. The minimum absolute atomic E-state index is 0.429. The van der Waals surface area contributed by atoms with E-state index in [4.69, 9.17) is 5.26 Å². The van der Waals surface area contributed by atoms with Crippen molar-refractivity contribution in [3.63, 3.8) is 0 Å². The number of hydrogen-bond donors (Lipinski definition) is 0. The van der Waals surface area contributed by atoms with Crippen molar-refractivity contribution >= 4 is 27.7 Å². The predicted molar refractivity (Wildman–Crippen MR) is 107 cm³/mol. The van der Waals surface area contributed by atoms with Crippen LogP contribution in [0.4, 0.5) is 16.4 Å². The first-order valence-electron chi connectivity index (χ1n) is 8.65. The summed E-state index contributed by atoms with van der Waals surface area (Å²) in [6, 6.07) is 10.8. The van der Waals surface area contributed by atoms with Crippen molar-refractivity contribution < 1.29 is 0 Å². The Bertz CT molecular complexity index is 896. The molecule has 0 bridgehead atoms. The number of nitrogens with zero attached hydrogens (tertiary/aromatic N) is 5. The minimum atomic E-state index is 0.429. The number of thiophene rings is 1. The molecule has 2 aromatic rings. The van der Waals surface area contributed by atoms with Gasteiger partial charge in [-0.3, -0.25) is 0 Å². The zero-order valence-electron chi connectivity index (χ0n) is 15.9. The Morgan fingerprint density at radius 3 is 2.42 bits per heavy atom. The summed E-state index contributed by atoms with van der Waals surface area (Å²) in [6.07, 6.45) is 1.09. The molecular weight excluding hydrogens is 342 g/mol. The molecular formula is C20H23N5S. The van der Waals surface area contributed by atoms with Gasteiger partial charge in [0.25, 0.3) is 0 Å². The van der Waals surface area contributed by atoms with Crippen molar-refractivity contribution in [3.05, 3.63) is 39.8 Å². The minimum Gasteiger partial charge on any atom is -0.369 e. The molecule has 26 heavy (non-hydrogen) atoms. The number of rotatable bonds is 6. The van der Waals surface area contributed by atoms with Gasteiger partial charge in [-0.05, 0) is 63.4 Å². The molecule has 1 aromatic carbocycles. The monoisotopic (exact) mass is 365 g/mol. The Balaban J connectivity index is 2.33. The quantitative estimate of drug-likeness (QED) is 0.576. The first-order chi connectivity index (χ1) is 12.4. The molecule has 0 saturated heterocycles. The largest absolute Gasteiger partial charge is 0.369 e. The fourth-order valence-electron chi connectivity index (χ4n) is 2.76. The van der Waals surface area contributed by atoms with Crippen LogP contribution in [0.15, 0.2) is 28.4 Å². The van der Waals surface area contributed by atoms with E-state index in [-0.39, 0.29) is 0 Å². The van der Waals surface area contributed by atoms with Crippen LogP contribution in [0.2, 0.25) is 0 Å². The summed E-state index contributed by atoms with van der Waals surface area (Å²) < 4.78 is 0. The van der Waals surface area contributed by atoms with Crippen LogP contribution in [-0.4, -0.2) is 12.6 Å². The summed E-state index contributed by atoms with van der Waals surface area (Å²) in [4.78, 5) is 2.87. The van der Waals surface area contributed by atoms with E-state index in [2.05, 4.69) is 60.2 Å².